The predicted molar refractivity (Wildman–Crippen MR) is 139 cm³/mol. The molecule has 0 saturated carbocycles. The number of carbonyl (C=O) groups excluding carboxylic acids is 1. The lowest BCUT2D eigenvalue weighted by atomic mass is 10.0. The van der Waals surface area contributed by atoms with E-state index in [-0.39, 0.29) is 25.5 Å². The van der Waals surface area contributed by atoms with Crippen LogP contribution < -0.4 is 29.2 Å². The van der Waals surface area contributed by atoms with E-state index in [2.05, 4.69) is 10.1 Å². The summed E-state index contributed by atoms with van der Waals surface area (Å²) in [4.78, 5) is 15.4. The Balaban J connectivity index is 1.72. The number of rotatable bonds is 10. The predicted octanol–water partition coefficient (Wildman–Crippen LogP) is 5.37. The molecule has 3 aromatic rings. The van der Waals surface area contributed by atoms with E-state index < -0.39 is 24.1 Å². The van der Waals surface area contributed by atoms with E-state index in [1.165, 1.54) is 25.2 Å². The van der Waals surface area contributed by atoms with Gasteiger partial charge in [-0.1, -0.05) is 23.7 Å². The van der Waals surface area contributed by atoms with Gasteiger partial charge in [-0.2, -0.15) is 0 Å². The molecule has 0 spiro atoms. The first-order valence-corrected chi connectivity index (χ1v) is 12.2. The molecule has 3 aromatic carbocycles. The van der Waals surface area contributed by atoms with Gasteiger partial charge in [-0.3, -0.25) is 4.79 Å². The molecule has 2 N–H and O–H groups in total. The van der Waals surface area contributed by atoms with Gasteiger partial charge in [-0.05, 0) is 35.7 Å². The lowest BCUT2D eigenvalue weighted by molar-refractivity contribution is -0.275. The highest BCUT2D eigenvalue weighted by Gasteiger charge is 2.36. The number of alkyl halides is 3. The summed E-state index contributed by atoms with van der Waals surface area (Å²) in [6.45, 7) is 0.106. The number of fused-ring (bicyclic) bond motifs is 1. The molecular formula is C27H26ClF3N2O6. The number of aliphatic hydroxyl groups is 1. The molecule has 39 heavy (non-hydrogen) atoms. The smallest absolute Gasteiger partial charge is 0.497 e. The third-order valence-corrected chi connectivity index (χ3v) is 6.24. The van der Waals surface area contributed by atoms with Gasteiger partial charge in [0.25, 0.3) is 5.91 Å². The van der Waals surface area contributed by atoms with Crippen molar-refractivity contribution in [3.05, 3.63) is 70.7 Å². The standard InChI is InChI=1S/C27H26ClF3N2O6/c1-36-20-12-19(13-21(14-20)38-10-9-34)32-25(16-3-5-18(28)6-4-16)26(35)33-8-7-17-11-23(37-2)24(15-22(17)33)39-27(29,30)31/h3-6,11-15,25,32,34H,7-10H2,1-2H3/t25-/m1/s1. The molecular weight excluding hydrogens is 541 g/mol. The van der Waals surface area contributed by atoms with Gasteiger partial charge in [0.15, 0.2) is 11.5 Å². The van der Waals surface area contributed by atoms with Crippen molar-refractivity contribution < 1.29 is 42.0 Å². The van der Waals surface area contributed by atoms with Gasteiger partial charge in [-0.15, -0.1) is 13.2 Å². The third-order valence-electron chi connectivity index (χ3n) is 5.99. The maximum absolute atomic E-state index is 14.0. The van der Waals surface area contributed by atoms with Crippen LogP contribution >= 0.6 is 11.6 Å². The third kappa shape index (κ3) is 6.79. The minimum absolute atomic E-state index is 0.0580. The van der Waals surface area contributed by atoms with Crippen molar-refractivity contribution in [2.24, 2.45) is 0 Å². The number of amides is 1. The maximum Gasteiger partial charge on any atom is 0.573 e. The Morgan fingerprint density at radius 3 is 2.41 bits per heavy atom. The Kier molecular flexibility index (Phi) is 8.61. The maximum atomic E-state index is 14.0. The van der Waals surface area contributed by atoms with Crippen LogP contribution in [-0.2, 0) is 11.2 Å². The summed E-state index contributed by atoms with van der Waals surface area (Å²) < 4.78 is 59.3. The fourth-order valence-corrected chi connectivity index (χ4v) is 4.40. The van der Waals surface area contributed by atoms with Gasteiger partial charge >= 0.3 is 6.36 Å². The van der Waals surface area contributed by atoms with Gasteiger partial charge < -0.3 is 34.3 Å². The Labute approximate surface area is 227 Å². The lowest BCUT2D eigenvalue weighted by Gasteiger charge is -2.27. The average Bonchev–Trinajstić information content (AvgIpc) is 3.32. The number of methoxy groups -OCH3 is 2. The van der Waals surface area contributed by atoms with E-state index in [0.29, 0.717) is 45.4 Å². The van der Waals surface area contributed by atoms with Crippen LogP contribution in [0, 0.1) is 0 Å². The Hall–Kier alpha value is -3.83. The van der Waals surface area contributed by atoms with E-state index in [4.69, 9.17) is 30.9 Å². The second-order valence-corrected chi connectivity index (χ2v) is 8.95. The summed E-state index contributed by atoms with van der Waals surface area (Å²) in [6, 6.07) is 13.2. The Morgan fingerprint density at radius 1 is 1.05 bits per heavy atom. The number of hydrogen-bond acceptors (Lipinski definition) is 7. The van der Waals surface area contributed by atoms with Crippen LogP contribution in [-0.4, -0.2) is 51.4 Å². The van der Waals surface area contributed by atoms with Crippen LogP contribution in [0.1, 0.15) is 17.2 Å². The Morgan fingerprint density at radius 2 is 1.77 bits per heavy atom. The van der Waals surface area contributed by atoms with E-state index >= 15 is 0 Å². The molecule has 12 heteroatoms. The van der Waals surface area contributed by atoms with E-state index in [0.717, 1.165) is 6.07 Å². The van der Waals surface area contributed by atoms with Crippen molar-refractivity contribution in [1.82, 2.24) is 0 Å². The van der Waals surface area contributed by atoms with Gasteiger partial charge in [0.1, 0.15) is 24.1 Å². The van der Waals surface area contributed by atoms with Crippen LogP contribution in [0.3, 0.4) is 0 Å². The fraction of sp³-hybridized carbons (Fsp3) is 0.296. The quantitative estimate of drug-likeness (QED) is 0.341. The van der Waals surface area contributed by atoms with Crippen LogP contribution in [0.4, 0.5) is 24.5 Å². The van der Waals surface area contributed by atoms with Gasteiger partial charge in [0, 0.05) is 41.5 Å². The van der Waals surface area contributed by atoms with Crippen molar-refractivity contribution in [3.63, 3.8) is 0 Å². The second-order valence-electron chi connectivity index (χ2n) is 8.52. The number of aliphatic hydroxyl groups excluding tert-OH is 1. The average molecular weight is 567 g/mol. The number of ether oxygens (including phenoxy) is 4. The largest absolute Gasteiger partial charge is 0.573 e. The molecule has 0 bridgehead atoms. The molecule has 1 atom stereocenters. The zero-order valence-electron chi connectivity index (χ0n) is 21.0. The van der Waals surface area contributed by atoms with Crippen molar-refractivity contribution in [1.29, 1.82) is 0 Å². The highest BCUT2D eigenvalue weighted by molar-refractivity contribution is 6.30. The number of anilines is 2. The Bertz CT molecular complexity index is 1320. The first kappa shape index (κ1) is 28.2. The summed E-state index contributed by atoms with van der Waals surface area (Å²) >= 11 is 6.07. The van der Waals surface area contributed by atoms with Crippen LogP contribution in [0.5, 0.6) is 23.0 Å². The number of carbonyl (C=O) groups is 1. The lowest BCUT2D eigenvalue weighted by Crippen LogP contribution is -2.37. The van der Waals surface area contributed by atoms with Gasteiger partial charge in [0.2, 0.25) is 0 Å². The van der Waals surface area contributed by atoms with E-state index in [1.54, 1.807) is 42.5 Å². The van der Waals surface area contributed by atoms with Crippen LogP contribution in [0.2, 0.25) is 5.02 Å². The molecule has 1 heterocycles. The molecule has 0 radical (unpaired) electrons. The van der Waals surface area contributed by atoms with Crippen molar-refractivity contribution in [2.45, 2.75) is 18.8 Å². The first-order chi connectivity index (χ1) is 18.6. The zero-order chi connectivity index (χ0) is 28.2. The molecule has 0 saturated heterocycles. The van der Waals surface area contributed by atoms with E-state index in [1.807, 2.05) is 0 Å². The molecule has 208 valence electrons. The molecule has 1 amide bonds. The minimum Gasteiger partial charge on any atom is -0.497 e. The molecule has 8 nitrogen and oxygen atoms in total. The minimum atomic E-state index is -4.94. The molecule has 1 aliphatic rings. The van der Waals surface area contributed by atoms with E-state index in [9.17, 15) is 18.0 Å². The van der Waals surface area contributed by atoms with Gasteiger partial charge in [-0.25, -0.2) is 0 Å². The highest BCUT2D eigenvalue weighted by atomic mass is 35.5. The highest BCUT2D eigenvalue weighted by Crippen LogP contribution is 2.42. The number of benzene rings is 3. The molecule has 0 fully saturated rings. The monoisotopic (exact) mass is 566 g/mol. The molecule has 4 rings (SSSR count). The summed E-state index contributed by atoms with van der Waals surface area (Å²) in [5.41, 5.74) is 1.98. The molecule has 0 unspecified atom stereocenters. The van der Waals surface area contributed by atoms with Crippen molar-refractivity contribution in [3.8, 4) is 23.0 Å². The summed E-state index contributed by atoms with van der Waals surface area (Å²) in [5.74, 6) is -0.194. The summed E-state index contributed by atoms with van der Waals surface area (Å²) in [7, 11) is 2.72. The number of nitrogens with zero attached hydrogens (tertiary/aromatic N) is 1. The zero-order valence-corrected chi connectivity index (χ0v) is 21.8. The SMILES string of the molecule is COc1cc(N[C@@H](C(=O)N2CCc3cc(OC)c(OC(F)(F)F)cc32)c2ccc(Cl)cc2)cc(OCCO)c1. The molecule has 1 aliphatic heterocycles. The molecule has 0 aromatic heterocycles. The number of hydrogen-bond donors (Lipinski definition) is 2. The number of nitrogens with one attached hydrogen (secondary N) is 1. The summed E-state index contributed by atoms with van der Waals surface area (Å²) in [5, 5.41) is 12.8. The summed E-state index contributed by atoms with van der Waals surface area (Å²) in [6.07, 6.45) is -4.53. The van der Waals surface area contributed by atoms with Gasteiger partial charge in [0.05, 0.1) is 26.5 Å². The van der Waals surface area contributed by atoms with Crippen LogP contribution in [0.15, 0.2) is 54.6 Å². The van der Waals surface area contributed by atoms with Crippen molar-refractivity contribution >= 4 is 28.9 Å². The topological polar surface area (TPSA) is 89.5 Å². The number of halogens is 4. The fourth-order valence-electron chi connectivity index (χ4n) is 4.27. The normalized spacial score (nSPS) is 13.5. The van der Waals surface area contributed by atoms with Crippen LogP contribution in [0.25, 0.3) is 0 Å². The molecule has 0 aliphatic carbocycles. The first-order valence-electron chi connectivity index (χ1n) is 11.8. The van der Waals surface area contributed by atoms with Crippen molar-refractivity contribution in [2.75, 3.05) is 44.2 Å². The second kappa shape index (κ2) is 11.9.